The fourth-order valence-corrected chi connectivity index (χ4v) is 4.46. The minimum absolute atomic E-state index is 0.0687. The number of hydrogen-bond donors (Lipinski definition) is 1. The lowest BCUT2D eigenvalue weighted by Crippen LogP contribution is -2.46. The van der Waals surface area contributed by atoms with Crippen LogP contribution in [0.4, 0.5) is 10.2 Å². The van der Waals surface area contributed by atoms with E-state index in [2.05, 4.69) is 14.8 Å². The third-order valence-corrected chi connectivity index (χ3v) is 6.62. The molecule has 36 heavy (non-hydrogen) atoms. The lowest BCUT2D eigenvalue weighted by Gasteiger charge is -2.35. The molecule has 0 radical (unpaired) electrons. The number of imidazole rings is 1. The molecule has 0 spiro atoms. The molecule has 4 aromatic rings. The number of piperazine rings is 1. The molecule has 1 aliphatic rings. The number of anilines is 1. The second-order valence-corrected chi connectivity index (χ2v) is 9.15. The van der Waals surface area contributed by atoms with Gasteiger partial charge in [-0.05, 0) is 36.4 Å². The molecule has 0 bridgehead atoms. The number of benzene rings is 2. The zero-order valence-corrected chi connectivity index (χ0v) is 20.5. The summed E-state index contributed by atoms with van der Waals surface area (Å²) in [5, 5.41) is 9.61. The van der Waals surface area contributed by atoms with Crippen molar-refractivity contribution in [2.45, 2.75) is 13.2 Å². The van der Waals surface area contributed by atoms with E-state index in [9.17, 15) is 14.3 Å². The number of hydrogen-bond acceptors (Lipinski definition) is 6. The first-order chi connectivity index (χ1) is 17.4. The van der Waals surface area contributed by atoms with Crippen LogP contribution in [-0.4, -0.2) is 56.7 Å². The fourth-order valence-electron chi connectivity index (χ4n) is 4.30. The third kappa shape index (κ3) is 5.12. The number of rotatable bonds is 7. The molecule has 2 aromatic heterocycles. The van der Waals surface area contributed by atoms with E-state index in [0.29, 0.717) is 23.0 Å². The number of aryl methyl sites for hydroxylation is 1. The number of carbonyl (C=O) groups is 1. The molecule has 0 unspecified atom stereocenters. The van der Waals surface area contributed by atoms with Gasteiger partial charge in [-0.2, -0.15) is 4.98 Å². The zero-order chi connectivity index (χ0) is 25.2. The van der Waals surface area contributed by atoms with Gasteiger partial charge < -0.3 is 19.3 Å². The summed E-state index contributed by atoms with van der Waals surface area (Å²) < 4.78 is 21.7. The summed E-state index contributed by atoms with van der Waals surface area (Å²) in [6, 6.07) is 15.1. The van der Waals surface area contributed by atoms with Crippen LogP contribution in [0.1, 0.15) is 21.7 Å². The Labute approximate surface area is 212 Å². The Morgan fingerprint density at radius 3 is 2.64 bits per heavy atom. The Kier molecular flexibility index (Phi) is 6.75. The Morgan fingerprint density at radius 1 is 1.08 bits per heavy atom. The van der Waals surface area contributed by atoms with Gasteiger partial charge in [0.25, 0.3) is 0 Å². The highest BCUT2D eigenvalue weighted by molar-refractivity contribution is 6.30. The maximum atomic E-state index is 14.0. The molecule has 186 valence electrons. The molecule has 0 aliphatic carbocycles. The summed E-state index contributed by atoms with van der Waals surface area (Å²) in [5.41, 5.74) is 2.27. The predicted molar refractivity (Wildman–Crippen MR) is 135 cm³/mol. The summed E-state index contributed by atoms with van der Waals surface area (Å²) >= 11 is 5.81. The highest BCUT2D eigenvalue weighted by Gasteiger charge is 2.21. The van der Waals surface area contributed by atoms with Crippen LogP contribution >= 0.6 is 11.6 Å². The second-order valence-electron chi connectivity index (χ2n) is 8.72. The molecule has 3 heterocycles. The van der Waals surface area contributed by atoms with Crippen LogP contribution in [-0.2, 0) is 20.2 Å². The van der Waals surface area contributed by atoms with Gasteiger partial charge in [0.05, 0.1) is 23.1 Å². The van der Waals surface area contributed by atoms with Crippen molar-refractivity contribution < 1.29 is 19.0 Å². The van der Waals surface area contributed by atoms with E-state index in [1.165, 1.54) is 6.07 Å². The first-order valence-corrected chi connectivity index (χ1v) is 11.9. The fraction of sp³-hybridized carbons (Fsp3) is 0.269. The maximum absolute atomic E-state index is 14.0. The molecule has 0 amide bonds. The van der Waals surface area contributed by atoms with E-state index in [1.807, 2.05) is 23.7 Å². The molecule has 1 N–H and O–H groups in total. The zero-order valence-electron chi connectivity index (χ0n) is 19.7. The highest BCUT2D eigenvalue weighted by atomic mass is 35.5. The number of halogens is 2. The summed E-state index contributed by atoms with van der Waals surface area (Å²) in [6.45, 7) is 3.97. The van der Waals surface area contributed by atoms with Gasteiger partial charge >= 0.3 is 5.97 Å². The highest BCUT2D eigenvalue weighted by Crippen LogP contribution is 2.22. The average molecular weight is 510 g/mol. The maximum Gasteiger partial charge on any atom is 0.335 e. The van der Waals surface area contributed by atoms with E-state index >= 15 is 0 Å². The van der Waals surface area contributed by atoms with Crippen LogP contribution in [0.2, 0.25) is 5.02 Å². The van der Waals surface area contributed by atoms with Crippen molar-refractivity contribution in [3.8, 4) is 5.88 Å². The van der Waals surface area contributed by atoms with Crippen LogP contribution < -0.4 is 9.64 Å². The first kappa shape index (κ1) is 24.0. The van der Waals surface area contributed by atoms with E-state index in [-0.39, 0.29) is 12.2 Å². The Hall–Kier alpha value is -3.69. The monoisotopic (exact) mass is 509 g/mol. The van der Waals surface area contributed by atoms with Gasteiger partial charge in [0.2, 0.25) is 5.88 Å². The molecule has 1 aliphatic heterocycles. The van der Waals surface area contributed by atoms with E-state index < -0.39 is 11.8 Å². The van der Waals surface area contributed by atoms with Gasteiger partial charge in [-0.25, -0.2) is 14.2 Å². The molecule has 8 nitrogen and oxygen atoms in total. The van der Waals surface area contributed by atoms with Crippen molar-refractivity contribution in [2.24, 2.45) is 7.05 Å². The Balaban J connectivity index is 1.20. The van der Waals surface area contributed by atoms with E-state index in [1.54, 1.807) is 36.4 Å². The molecular weight excluding hydrogens is 485 g/mol. The van der Waals surface area contributed by atoms with Gasteiger partial charge in [-0.15, -0.1) is 0 Å². The number of fused-ring (bicyclic) bond motifs is 1. The summed E-state index contributed by atoms with van der Waals surface area (Å²) in [6.07, 6.45) is 0. The number of aromatic nitrogens is 3. The number of aromatic carboxylic acids is 1. The predicted octanol–water partition coefficient (Wildman–Crippen LogP) is 4.36. The van der Waals surface area contributed by atoms with Crippen LogP contribution in [0, 0.1) is 5.82 Å². The first-order valence-electron chi connectivity index (χ1n) is 11.6. The largest absolute Gasteiger partial charge is 0.478 e. The Morgan fingerprint density at radius 2 is 1.89 bits per heavy atom. The quantitative estimate of drug-likeness (QED) is 0.396. The standard InChI is InChI=1S/C26H25ClFN5O3/c1-31-22-13-17(26(34)35)6-8-21(22)29-24(31)15-32-9-11-33(12-10-32)23-3-2-4-25(30-23)36-16-18-5-7-19(27)14-20(18)28/h2-8,13-14H,9-12,15-16H2,1H3,(H,34,35). The topological polar surface area (TPSA) is 83.7 Å². The van der Waals surface area contributed by atoms with Crippen molar-refractivity contribution in [3.05, 3.63) is 82.4 Å². The van der Waals surface area contributed by atoms with Crippen molar-refractivity contribution in [1.82, 2.24) is 19.4 Å². The molecule has 1 fully saturated rings. The van der Waals surface area contributed by atoms with Crippen LogP contribution in [0.25, 0.3) is 11.0 Å². The number of nitrogens with zero attached hydrogens (tertiary/aromatic N) is 5. The molecular formula is C26H25ClFN5O3. The summed E-state index contributed by atoms with van der Waals surface area (Å²) in [7, 11) is 1.91. The van der Waals surface area contributed by atoms with Gasteiger partial charge in [0.1, 0.15) is 24.1 Å². The number of carboxylic acids is 1. The minimum atomic E-state index is -0.948. The van der Waals surface area contributed by atoms with Crippen LogP contribution in [0.3, 0.4) is 0 Å². The molecule has 0 saturated carbocycles. The average Bonchev–Trinajstić information content (AvgIpc) is 3.18. The van der Waals surface area contributed by atoms with E-state index in [0.717, 1.165) is 48.9 Å². The lowest BCUT2D eigenvalue weighted by molar-refractivity contribution is 0.0697. The molecule has 5 rings (SSSR count). The number of carboxylic acid groups (broad SMARTS) is 1. The van der Waals surface area contributed by atoms with Gasteiger partial charge in [-0.3, -0.25) is 4.90 Å². The number of ether oxygens (including phenoxy) is 1. The molecule has 2 aromatic carbocycles. The third-order valence-electron chi connectivity index (χ3n) is 6.38. The normalized spacial score (nSPS) is 14.4. The summed E-state index contributed by atoms with van der Waals surface area (Å²) in [5.74, 6) is 0.787. The van der Waals surface area contributed by atoms with Gasteiger partial charge in [0, 0.05) is 49.9 Å². The lowest BCUT2D eigenvalue weighted by atomic mass is 10.2. The Bertz CT molecular complexity index is 1420. The van der Waals surface area contributed by atoms with Gasteiger partial charge in [0.15, 0.2) is 0 Å². The second kappa shape index (κ2) is 10.1. The van der Waals surface area contributed by atoms with E-state index in [4.69, 9.17) is 21.3 Å². The molecule has 0 atom stereocenters. The van der Waals surface area contributed by atoms with Crippen molar-refractivity contribution in [3.63, 3.8) is 0 Å². The minimum Gasteiger partial charge on any atom is -0.478 e. The van der Waals surface area contributed by atoms with Crippen molar-refractivity contribution in [2.75, 3.05) is 31.1 Å². The summed E-state index contributed by atoms with van der Waals surface area (Å²) in [4.78, 5) is 25.1. The molecule has 1 saturated heterocycles. The van der Waals surface area contributed by atoms with Gasteiger partial charge in [-0.1, -0.05) is 23.7 Å². The number of pyridine rings is 1. The molecule has 10 heteroatoms. The van der Waals surface area contributed by atoms with Crippen molar-refractivity contribution >= 4 is 34.4 Å². The SMILES string of the molecule is Cn1c(CN2CCN(c3cccc(OCc4ccc(Cl)cc4F)n3)CC2)nc2ccc(C(=O)O)cc21. The van der Waals surface area contributed by atoms with Crippen LogP contribution in [0.15, 0.2) is 54.6 Å². The van der Waals surface area contributed by atoms with Crippen LogP contribution in [0.5, 0.6) is 5.88 Å². The smallest absolute Gasteiger partial charge is 0.335 e. The van der Waals surface area contributed by atoms with Crippen molar-refractivity contribution in [1.29, 1.82) is 0 Å².